The van der Waals surface area contributed by atoms with Gasteiger partial charge >= 0.3 is 0 Å². The predicted molar refractivity (Wildman–Crippen MR) is 93.8 cm³/mol. The third-order valence-corrected chi connectivity index (χ3v) is 4.31. The summed E-state index contributed by atoms with van der Waals surface area (Å²) in [6.45, 7) is 0. The van der Waals surface area contributed by atoms with E-state index in [0.29, 0.717) is 28.4 Å². The fraction of sp³-hybridized carbons (Fsp3) is 0.0588. The van der Waals surface area contributed by atoms with Crippen LogP contribution >= 0.6 is 11.3 Å². The van der Waals surface area contributed by atoms with Gasteiger partial charge in [-0.1, -0.05) is 18.2 Å². The van der Waals surface area contributed by atoms with Crippen molar-refractivity contribution >= 4 is 22.8 Å². The van der Waals surface area contributed by atoms with Gasteiger partial charge in [0.15, 0.2) is 17.7 Å². The average molecular weight is 348 g/mol. The lowest BCUT2D eigenvalue weighted by atomic mass is 10.1. The van der Waals surface area contributed by atoms with Crippen molar-refractivity contribution in [2.45, 2.75) is 6.23 Å². The Morgan fingerprint density at radius 3 is 2.88 bits per heavy atom. The molecule has 2 N–H and O–H groups in total. The molecule has 25 heavy (non-hydrogen) atoms. The molecule has 4 aromatic rings. The highest BCUT2D eigenvalue weighted by Crippen LogP contribution is 2.23. The molecule has 0 fully saturated rings. The first-order chi connectivity index (χ1) is 12.3. The van der Waals surface area contributed by atoms with Crippen LogP contribution in [0.1, 0.15) is 17.5 Å². The molecular formula is C17H12N6OS. The third kappa shape index (κ3) is 2.82. The van der Waals surface area contributed by atoms with E-state index in [4.69, 9.17) is 0 Å². The van der Waals surface area contributed by atoms with Crippen LogP contribution < -0.4 is 5.32 Å². The van der Waals surface area contributed by atoms with Gasteiger partial charge < -0.3 is 10.4 Å². The minimum absolute atomic E-state index is 0.533. The summed E-state index contributed by atoms with van der Waals surface area (Å²) in [6.07, 6.45) is 0.640. The number of thiazole rings is 1. The summed E-state index contributed by atoms with van der Waals surface area (Å²) in [5, 5.41) is 28.8. The van der Waals surface area contributed by atoms with E-state index >= 15 is 0 Å². The van der Waals surface area contributed by atoms with Crippen molar-refractivity contribution < 1.29 is 5.11 Å². The first-order valence-electron chi connectivity index (χ1n) is 7.43. The Kier molecular flexibility index (Phi) is 3.85. The number of imidazole rings is 1. The number of aromatic nitrogens is 4. The van der Waals surface area contributed by atoms with Gasteiger partial charge in [0.05, 0.1) is 29.0 Å². The molecule has 0 spiro atoms. The Labute approximate surface area is 146 Å². The number of fused-ring (bicyclic) bond motifs is 1. The van der Waals surface area contributed by atoms with Crippen molar-refractivity contribution in [1.29, 1.82) is 5.26 Å². The van der Waals surface area contributed by atoms with Gasteiger partial charge in [-0.2, -0.15) is 14.9 Å². The number of rotatable bonds is 4. The second-order valence-electron chi connectivity index (χ2n) is 5.25. The number of nitrogens with one attached hydrogen (secondary N) is 1. The number of aliphatic hydroxyl groups excluding tert-OH is 1. The quantitative estimate of drug-likeness (QED) is 0.550. The second-order valence-corrected chi connectivity index (χ2v) is 5.97. The van der Waals surface area contributed by atoms with Gasteiger partial charge in [0.1, 0.15) is 5.69 Å². The van der Waals surface area contributed by atoms with Crippen LogP contribution in [-0.4, -0.2) is 24.7 Å². The first-order valence-corrected chi connectivity index (χ1v) is 8.37. The first kappa shape index (κ1) is 15.3. The maximum atomic E-state index is 10.2. The largest absolute Gasteiger partial charge is 0.368 e. The lowest BCUT2D eigenvalue weighted by Gasteiger charge is -2.11. The Hall–Kier alpha value is -3.28. The fourth-order valence-corrected chi connectivity index (χ4v) is 3.06. The van der Waals surface area contributed by atoms with Crippen LogP contribution in [0.5, 0.6) is 0 Å². The molecule has 0 amide bonds. The smallest absolute Gasteiger partial charge is 0.170 e. The van der Waals surface area contributed by atoms with Crippen molar-refractivity contribution in [2.24, 2.45) is 0 Å². The van der Waals surface area contributed by atoms with Crippen molar-refractivity contribution in [3.8, 4) is 17.3 Å². The van der Waals surface area contributed by atoms with Crippen LogP contribution in [0.4, 0.5) is 5.82 Å². The molecule has 0 bridgehead atoms. The van der Waals surface area contributed by atoms with Crippen LogP contribution in [0.3, 0.4) is 0 Å². The number of hydrogen-bond acceptors (Lipinski definition) is 7. The molecule has 122 valence electrons. The van der Waals surface area contributed by atoms with Gasteiger partial charge in [0.2, 0.25) is 0 Å². The van der Waals surface area contributed by atoms with Crippen molar-refractivity contribution in [3.05, 3.63) is 64.7 Å². The van der Waals surface area contributed by atoms with E-state index in [0.717, 1.165) is 5.56 Å². The molecule has 0 saturated heterocycles. The molecule has 3 aromatic heterocycles. The number of benzene rings is 1. The molecule has 1 aromatic carbocycles. The van der Waals surface area contributed by atoms with E-state index in [9.17, 15) is 10.4 Å². The van der Waals surface area contributed by atoms with Gasteiger partial charge in [-0.3, -0.25) is 0 Å². The Balaban J connectivity index is 1.74. The number of nitrogens with zero attached hydrogens (tertiary/aromatic N) is 5. The SMILES string of the molecule is N#Cc1ccccc1-c1ccc2ncc(NC(O)c3cscn3)n2n1. The maximum Gasteiger partial charge on any atom is 0.170 e. The van der Waals surface area contributed by atoms with Crippen LogP contribution in [0.15, 0.2) is 53.5 Å². The highest BCUT2D eigenvalue weighted by molar-refractivity contribution is 7.07. The minimum Gasteiger partial charge on any atom is -0.368 e. The zero-order chi connectivity index (χ0) is 17.2. The molecule has 0 aliphatic rings. The van der Waals surface area contributed by atoms with Gasteiger partial charge in [0, 0.05) is 10.9 Å². The van der Waals surface area contributed by atoms with Gasteiger partial charge in [0.25, 0.3) is 0 Å². The van der Waals surface area contributed by atoms with E-state index in [1.807, 2.05) is 30.3 Å². The van der Waals surface area contributed by atoms with Gasteiger partial charge in [-0.15, -0.1) is 11.3 Å². The predicted octanol–water partition coefficient (Wildman–Crippen LogP) is 2.83. The standard InChI is InChI=1S/C17H12N6OS/c18-7-11-3-1-2-4-12(11)13-5-6-15-19-8-16(23(15)22-13)21-17(24)14-9-25-10-20-14/h1-6,8-10,17,21,24H. The number of aliphatic hydroxyl groups is 1. The maximum absolute atomic E-state index is 10.2. The normalized spacial score (nSPS) is 12.0. The molecule has 8 heteroatoms. The summed E-state index contributed by atoms with van der Waals surface area (Å²) < 4.78 is 1.60. The Bertz CT molecular complexity index is 1070. The van der Waals surface area contributed by atoms with Crippen molar-refractivity contribution in [1.82, 2.24) is 19.6 Å². The van der Waals surface area contributed by atoms with Gasteiger partial charge in [-0.25, -0.2) is 9.97 Å². The summed E-state index contributed by atoms with van der Waals surface area (Å²) in [5.74, 6) is 0.534. The van der Waals surface area contributed by atoms with Crippen molar-refractivity contribution in [2.75, 3.05) is 5.32 Å². The van der Waals surface area contributed by atoms with Crippen LogP contribution in [-0.2, 0) is 0 Å². The number of anilines is 1. The summed E-state index contributed by atoms with van der Waals surface area (Å²) in [6, 6.07) is 13.1. The van der Waals surface area contributed by atoms with Crippen molar-refractivity contribution in [3.63, 3.8) is 0 Å². The highest BCUT2D eigenvalue weighted by Gasteiger charge is 2.14. The molecule has 0 aliphatic carbocycles. The third-order valence-electron chi connectivity index (χ3n) is 3.70. The Morgan fingerprint density at radius 2 is 2.08 bits per heavy atom. The molecule has 1 unspecified atom stereocenters. The molecule has 0 radical (unpaired) electrons. The second kappa shape index (κ2) is 6.32. The lowest BCUT2D eigenvalue weighted by molar-refractivity contribution is 0.203. The zero-order valence-electron chi connectivity index (χ0n) is 12.9. The summed E-state index contributed by atoms with van der Waals surface area (Å²) in [4.78, 5) is 8.36. The average Bonchev–Trinajstić information content (AvgIpc) is 3.32. The molecule has 7 nitrogen and oxygen atoms in total. The topological polar surface area (TPSA) is 99.1 Å². The monoisotopic (exact) mass is 348 g/mol. The summed E-state index contributed by atoms with van der Waals surface area (Å²) in [7, 11) is 0. The van der Waals surface area contributed by atoms with E-state index < -0.39 is 6.23 Å². The molecule has 1 atom stereocenters. The van der Waals surface area contributed by atoms with E-state index in [-0.39, 0.29) is 0 Å². The molecule has 0 aliphatic heterocycles. The van der Waals surface area contributed by atoms with Crippen LogP contribution in [0, 0.1) is 11.3 Å². The van der Waals surface area contributed by atoms with Crippen LogP contribution in [0.25, 0.3) is 16.9 Å². The summed E-state index contributed by atoms with van der Waals surface area (Å²) in [5.41, 5.74) is 4.76. The summed E-state index contributed by atoms with van der Waals surface area (Å²) >= 11 is 1.41. The minimum atomic E-state index is -0.956. The Morgan fingerprint density at radius 1 is 1.20 bits per heavy atom. The molecule has 0 saturated carbocycles. The van der Waals surface area contributed by atoms with Crippen LogP contribution in [0.2, 0.25) is 0 Å². The molecular weight excluding hydrogens is 336 g/mol. The molecule has 3 heterocycles. The van der Waals surface area contributed by atoms with E-state index in [1.54, 1.807) is 27.7 Å². The number of nitriles is 1. The zero-order valence-corrected chi connectivity index (χ0v) is 13.7. The number of hydrogen-bond donors (Lipinski definition) is 2. The van der Waals surface area contributed by atoms with E-state index in [2.05, 4.69) is 26.5 Å². The lowest BCUT2D eigenvalue weighted by Crippen LogP contribution is -2.12. The van der Waals surface area contributed by atoms with Gasteiger partial charge in [-0.05, 0) is 18.2 Å². The van der Waals surface area contributed by atoms with E-state index in [1.165, 1.54) is 11.3 Å². The fourth-order valence-electron chi connectivity index (χ4n) is 2.49. The molecule has 4 rings (SSSR count). The highest BCUT2D eigenvalue weighted by atomic mass is 32.1.